The summed E-state index contributed by atoms with van der Waals surface area (Å²) in [6.07, 6.45) is 3.06. The van der Waals surface area contributed by atoms with Crippen LogP contribution in [0.4, 0.5) is 19.4 Å². The first-order chi connectivity index (χ1) is 14.9. The highest BCUT2D eigenvalue weighted by Gasteiger charge is 2.65. The first-order valence-corrected chi connectivity index (χ1v) is 11.4. The van der Waals surface area contributed by atoms with Crippen molar-refractivity contribution in [1.29, 1.82) is 0 Å². The lowest BCUT2D eigenvalue weighted by Crippen LogP contribution is -2.07. The van der Waals surface area contributed by atoms with E-state index < -0.39 is 15.1 Å². The quantitative estimate of drug-likeness (QED) is 0.305. The van der Waals surface area contributed by atoms with Gasteiger partial charge in [-0.25, -0.2) is 9.97 Å². The van der Waals surface area contributed by atoms with Crippen LogP contribution in [0.2, 0.25) is 0 Å². The van der Waals surface area contributed by atoms with Crippen molar-refractivity contribution in [3.05, 3.63) is 67.1 Å². The largest absolute Gasteiger partial charge is 0.438 e. The number of benzene rings is 2. The summed E-state index contributed by atoms with van der Waals surface area (Å²) in [7, 11) is -9.76. The zero-order valence-electron chi connectivity index (χ0n) is 16.6. The SMILES string of the molecule is C[C@@H](CO)n1cnc2ccc(-c3cccnc3Oc3ccc(S(F)(F)(F)(F)F)cc3)cc21. The molecule has 0 fully saturated rings. The Balaban J connectivity index is 1.70. The third-order valence-electron chi connectivity index (χ3n) is 4.88. The molecule has 2 aromatic carbocycles. The molecule has 0 aliphatic carbocycles. The molecule has 0 radical (unpaired) electrons. The first kappa shape index (κ1) is 22.0. The molecule has 0 aliphatic heterocycles. The fourth-order valence-electron chi connectivity index (χ4n) is 3.20. The maximum absolute atomic E-state index is 12.9. The molecule has 0 amide bonds. The van der Waals surface area contributed by atoms with Gasteiger partial charge in [0.05, 0.1) is 30.0 Å². The van der Waals surface area contributed by atoms with Gasteiger partial charge in [-0.05, 0) is 61.0 Å². The van der Waals surface area contributed by atoms with E-state index in [0.717, 1.165) is 17.6 Å². The second-order valence-corrected chi connectivity index (χ2v) is 9.69. The number of fused-ring (bicyclic) bond motifs is 1. The summed E-state index contributed by atoms with van der Waals surface area (Å²) >= 11 is 0. The summed E-state index contributed by atoms with van der Waals surface area (Å²) in [6, 6.07) is 10.8. The van der Waals surface area contributed by atoms with Crippen molar-refractivity contribution < 1.29 is 29.3 Å². The van der Waals surface area contributed by atoms with E-state index in [1.807, 2.05) is 17.6 Å². The number of hydrogen-bond donors (Lipinski definition) is 1. The van der Waals surface area contributed by atoms with Crippen LogP contribution in [0.3, 0.4) is 0 Å². The molecule has 0 spiro atoms. The average molecular weight is 471 g/mol. The van der Waals surface area contributed by atoms with Crippen LogP contribution < -0.4 is 4.74 Å². The number of aliphatic hydroxyl groups excluding tert-OH is 1. The van der Waals surface area contributed by atoms with Crippen molar-refractivity contribution >= 4 is 21.3 Å². The predicted octanol–water partition coefficient (Wildman–Crippen LogP) is 7.10. The van der Waals surface area contributed by atoms with E-state index >= 15 is 0 Å². The van der Waals surface area contributed by atoms with Crippen molar-refractivity contribution in [3.8, 4) is 22.8 Å². The minimum atomic E-state index is -9.76. The summed E-state index contributed by atoms with van der Waals surface area (Å²) in [6.45, 7) is 1.76. The Morgan fingerprint density at radius 3 is 2.38 bits per heavy atom. The number of hydrogen-bond acceptors (Lipinski definition) is 4. The van der Waals surface area contributed by atoms with Crippen LogP contribution in [0.15, 0.2) is 72.0 Å². The predicted molar refractivity (Wildman–Crippen MR) is 113 cm³/mol. The Kier molecular flexibility index (Phi) is 4.76. The molecule has 0 bridgehead atoms. The van der Waals surface area contributed by atoms with Gasteiger partial charge in [0, 0.05) is 11.8 Å². The van der Waals surface area contributed by atoms with Gasteiger partial charge in [0.1, 0.15) is 10.6 Å². The molecule has 1 atom stereocenters. The number of pyridine rings is 1. The lowest BCUT2D eigenvalue weighted by molar-refractivity contribution is 0.241. The van der Waals surface area contributed by atoms with Gasteiger partial charge in [-0.1, -0.05) is 25.5 Å². The molecule has 170 valence electrons. The van der Waals surface area contributed by atoms with E-state index in [1.165, 1.54) is 6.20 Å². The number of aromatic nitrogens is 3. The van der Waals surface area contributed by atoms with E-state index in [2.05, 4.69) is 9.97 Å². The normalized spacial score (nSPS) is 15.2. The van der Waals surface area contributed by atoms with Crippen molar-refractivity contribution in [2.45, 2.75) is 17.9 Å². The van der Waals surface area contributed by atoms with Gasteiger partial charge >= 0.3 is 10.2 Å². The van der Waals surface area contributed by atoms with Crippen molar-refractivity contribution in [2.75, 3.05) is 6.61 Å². The highest BCUT2D eigenvalue weighted by Crippen LogP contribution is 3.02. The number of rotatable bonds is 6. The number of aliphatic hydroxyl groups is 1. The highest BCUT2D eigenvalue weighted by atomic mass is 32.5. The number of nitrogens with zero attached hydrogens (tertiary/aromatic N) is 3. The summed E-state index contributed by atoms with van der Waals surface area (Å²) in [5.74, 6) is 0.0174. The molecule has 1 N–H and O–H groups in total. The van der Waals surface area contributed by atoms with Crippen LogP contribution in [0, 0.1) is 0 Å². The van der Waals surface area contributed by atoms with Crippen LogP contribution in [0.5, 0.6) is 11.6 Å². The van der Waals surface area contributed by atoms with Gasteiger partial charge in [-0.3, -0.25) is 0 Å². The monoisotopic (exact) mass is 471 g/mol. The Hall–Kier alpha value is -3.18. The van der Waals surface area contributed by atoms with Crippen LogP contribution in [-0.4, -0.2) is 26.2 Å². The van der Waals surface area contributed by atoms with Crippen LogP contribution in [-0.2, 0) is 0 Å². The van der Waals surface area contributed by atoms with Gasteiger partial charge in [-0.2, -0.15) is 0 Å². The molecule has 0 unspecified atom stereocenters. The average Bonchev–Trinajstić information content (AvgIpc) is 3.15. The fraction of sp³-hybridized carbons (Fsp3) is 0.143. The molecule has 2 heterocycles. The van der Waals surface area contributed by atoms with Crippen molar-refractivity contribution in [1.82, 2.24) is 14.5 Å². The molecule has 0 saturated heterocycles. The Bertz CT molecular complexity index is 1290. The van der Waals surface area contributed by atoms with Crippen LogP contribution >= 0.6 is 10.2 Å². The van der Waals surface area contributed by atoms with Gasteiger partial charge in [0.15, 0.2) is 0 Å². The summed E-state index contributed by atoms with van der Waals surface area (Å²) in [5, 5.41) is 9.47. The molecule has 0 aliphatic rings. The Morgan fingerprint density at radius 1 is 1.00 bits per heavy atom. The van der Waals surface area contributed by atoms with E-state index in [0.29, 0.717) is 28.8 Å². The lowest BCUT2D eigenvalue weighted by atomic mass is 10.1. The zero-order valence-corrected chi connectivity index (χ0v) is 17.4. The lowest BCUT2D eigenvalue weighted by Gasteiger charge is -2.40. The first-order valence-electron chi connectivity index (χ1n) is 9.40. The molecule has 0 saturated carbocycles. The molecule has 4 rings (SSSR count). The number of halogens is 5. The summed E-state index contributed by atoms with van der Waals surface area (Å²) in [4.78, 5) is 6.46. The third kappa shape index (κ3) is 4.39. The number of ether oxygens (including phenoxy) is 1. The maximum atomic E-state index is 12.9. The maximum Gasteiger partial charge on any atom is 0.310 e. The van der Waals surface area contributed by atoms with E-state index in [1.54, 1.807) is 30.6 Å². The molecular formula is C21H18F5N3O2S. The molecule has 32 heavy (non-hydrogen) atoms. The fourth-order valence-corrected chi connectivity index (χ4v) is 3.85. The third-order valence-corrected chi connectivity index (χ3v) is 6.04. The van der Waals surface area contributed by atoms with Crippen molar-refractivity contribution in [3.63, 3.8) is 0 Å². The molecule has 11 heteroatoms. The second kappa shape index (κ2) is 6.91. The minimum Gasteiger partial charge on any atom is -0.438 e. The second-order valence-electron chi connectivity index (χ2n) is 7.29. The van der Waals surface area contributed by atoms with E-state index in [9.17, 15) is 24.5 Å². The van der Waals surface area contributed by atoms with Crippen LogP contribution in [0.25, 0.3) is 22.2 Å². The van der Waals surface area contributed by atoms with Gasteiger partial charge in [0.2, 0.25) is 5.88 Å². The Labute approximate surface area is 179 Å². The van der Waals surface area contributed by atoms with Gasteiger partial charge in [-0.15, -0.1) is 0 Å². The molecule has 2 aromatic heterocycles. The van der Waals surface area contributed by atoms with Crippen molar-refractivity contribution in [2.24, 2.45) is 0 Å². The molecule has 5 nitrogen and oxygen atoms in total. The topological polar surface area (TPSA) is 60.2 Å². The highest BCUT2D eigenvalue weighted by molar-refractivity contribution is 8.45. The van der Waals surface area contributed by atoms with Crippen LogP contribution in [0.1, 0.15) is 13.0 Å². The number of imidazole rings is 1. The minimum absolute atomic E-state index is 0.0735. The van der Waals surface area contributed by atoms with E-state index in [-0.39, 0.29) is 24.3 Å². The Morgan fingerprint density at radius 2 is 1.72 bits per heavy atom. The molecule has 4 aromatic rings. The van der Waals surface area contributed by atoms with Gasteiger partial charge < -0.3 is 14.4 Å². The summed E-state index contributed by atoms with van der Waals surface area (Å²) in [5.41, 5.74) is 2.71. The summed E-state index contributed by atoms with van der Waals surface area (Å²) < 4.78 is 72.1. The molecular weight excluding hydrogens is 453 g/mol. The zero-order chi connectivity index (χ0) is 23.2. The standard InChI is InChI=1S/C21H18F5N3O2S/c1-14(12-30)29-13-28-19-9-4-15(11-20(19)29)18-3-2-10-27-21(18)31-16-5-7-17(8-6-16)32(22,23,24,25)26/h2-11,13-14,30H,12H2,1H3/t14-/m0/s1. The smallest absolute Gasteiger partial charge is 0.310 e. The van der Waals surface area contributed by atoms with Gasteiger partial charge in [0.25, 0.3) is 0 Å². The van der Waals surface area contributed by atoms with E-state index in [4.69, 9.17) is 4.74 Å².